The number of nitrogens with one attached hydrogen (secondary N) is 2. The highest BCUT2D eigenvalue weighted by Crippen LogP contribution is 2.61. The molecular formula is C23H36N2O6. The predicted molar refractivity (Wildman–Crippen MR) is 114 cm³/mol. The lowest BCUT2D eigenvalue weighted by molar-refractivity contribution is -0.185. The summed E-state index contributed by atoms with van der Waals surface area (Å²) in [4.78, 5) is 24.8. The number of hydrogen-bond acceptors (Lipinski definition) is 6. The van der Waals surface area contributed by atoms with Crippen LogP contribution in [0.3, 0.4) is 0 Å². The monoisotopic (exact) mass is 436 g/mol. The third kappa shape index (κ3) is 4.75. The number of hydrogen-bond donors (Lipinski definition) is 4. The van der Waals surface area contributed by atoms with Crippen LogP contribution in [-0.4, -0.2) is 47.6 Å². The summed E-state index contributed by atoms with van der Waals surface area (Å²) in [5.74, 6) is 0.329. The molecule has 31 heavy (non-hydrogen) atoms. The highest BCUT2D eigenvalue weighted by molar-refractivity contribution is 5.76. The van der Waals surface area contributed by atoms with Crippen LogP contribution in [0.4, 0.5) is 4.79 Å². The highest BCUT2D eigenvalue weighted by atomic mass is 16.6. The first-order chi connectivity index (χ1) is 14.7. The van der Waals surface area contributed by atoms with Gasteiger partial charge in [-0.25, -0.2) is 4.79 Å². The fraction of sp³-hybridized carbons (Fsp3) is 0.739. The number of alkyl carbamates (subject to hydrolysis) is 1. The Morgan fingerprint density at radius 2 is 2.03 bits per heavy atom. The van der Waals surface area contributed by atoms with Gasteiger partial charge < -0.3 is 30.0 Å². The molecule has 2 fully saturated rings. The molecule has 6 atom stereocenters. The first kappa shape index (κ1) is 23.6. The Balaban J connectivity index is 1.74. The lowest BCUT2D eigenvalue weighted by atomic mass is 9.46. The minimum Gasteiger partial charge on any atom is -0.467 e. The van der Waals surface area contributed by atoms with Crippen molar-refractivity contribution in [2.45, 2.75) is 71.6 Å². The van der Waals surface area contributed by atoms with Gasteiger partial charge in [0.1, 0.15) is 11.9 Å². The topological polar surface area (TPSA) is 121 Å². The molecule has 3 rings (SSSR count). The molecule has 1 aromatic rings. The summed E-state index contributed by atoms with van der Waals surface area (Å²) in [6.07, 6.45) is 2.87. The quantitative estimate of drug-likeness (QED) is 0.521. The summed E-state index contributed by atoms with van der Waals surface area (Å²) in [6, 6.07) is 3.57. The minimum absolute atomic E-state index is 0.0180. The Kier molecular flexibility index (Phi) is 7.31. The van der Waals surface area contributed by atoms with Crippen LogP contribution in [0.5, 0.6) is 0 Å². The number of carbonyl (C=O) groups excluding carboxylic acids is 2. The van der Waals surface area contributed by atoms with Crippen molar-refractivity contribution >= 4 is 12.0 Å². The summed E-state index contributed by atoms with van der Waals surface area (Å²) in [6.45, 7) is 6.57. The number of furan rings is 1. The lowest BCUT2D eigenvalue weighted by Crippen LogP contribution is -2.61. The zero-order valence-electron chi connectivity index (χ0n) is 18.7. The van der Waals surface area contributed by atoms with E-state index in [2.05, 4.69) is 17.6 Å². The van der Waals surface area contributed by atoms with Gasteiger partial charge in [-0.05, 0) is 62.0 Å². The second-order valence-corrected chi connectivity index (χ2v) is 9.50. The maximum atomic E-state index is 12.7. The van der Waals surface area contributed by atoms with E-state index in [-0.39, 0.29) is 36.2 Å². The summed E-state index contributed by atoms with van der Waals surface area (Å²) in [5.41, 5.74) is -0.987. The summed E-state index contributed by atoms with van der Waals surface area (Å²) in [7, 11) is 0. The summed E-state index contributed by atoms with van der Waals surface area (Å²) < 4.78 is 11.0. The molecule has 0 bridgehead atoms. The molecule has 2 amide bonds. The normalized spacial score (nSPS) is 35.1. The number of aliphatic hydroxyl groups is 2. The molecule has 1 aromatic heterocycles. The molecule has 0 saturated heterocycles. The number of ether oxygens (including phenoxy) is 1. The minimum atomic E-state index is -0.638. The Morgan fingerprint density at radius 1 is 1.26 bits per heavy atom. The summed E-state index contributed by atoms with van der Waals surface area (Å²) in [5, 5.41) is 26.8. The number of amides is 2. The first-order valence-electron chi connectivity index (χ1n) is 11.3. The van der Waals surface area contributed by atoms with Crippen LogP contribution >= 0.6 is 0 Å². The van der Waals surface area contributed by atoms with Crippen LogP contribution in [-0.2, 0) is 16.1 Å². The van der Waals surface area contributed by atoms with Crippen molar-refractivity contribution in [2.75, 3.05) is 13.2 Å². The largest absolute Gasteiger partial charge is 0.467 e. The van der Waals surface area contributed by atoms with Gasteiger partial charge in [-0.2, -0.15) is 0 Å². The molecular weight excluding hydrogens is 400 g/mol. The molecule has 1 unspecified atom stereocenters. The fourth-order valence-electron chi connectivity index (χ4n) is 5.97. The average Bonchev–Trinajstić information content (AvgIpc) is 3.25. The SMILES string of the molecule is CCNC(=O)O[C@@H]1CC[C@]2(C)C(CC[C@@H](O)[C@H]2CC(=O)NCc2ccco2)[C@]1(C)CO. The zero-order valence-corrected chi connectivity index (χ0v) is 18.7. The third-order valence-electron chi connectivity index (χ3n) is 7.69. The van der Waals surface area contributed by atoms with Gasteiger partial charge in [0.25, 0.3) is 0 Å². The molecule has 0 spiro atoms. The van der Waals surface area contributed by atoms with Crippen LogP contribution in [0, 0.1) is 22.7 Å². The Labute approximate surface area is 183 Å². The molecule has 2 saturated carbocycles. The van der Waals surface area contributed by atoms with E-state index in [4.69, 9.17) is 9.15 Å². The van der Waals surface area contributed by atoms with Crippen LogP contribution in [0.25, 0.3) is 0 Å². The molecule has 1 heterocycles. The smallest absolute Gasteiger partial charge is 0.407 e. The number of aliphatic hydroxyl groups excluding tert-OH is 2. The first-order valence-corrected chi connectivity index (χ1v) is 11.3. The maximum Gasteiger partial charge on any atom is 0.407 e. The van der Waals surface area contributed by atoms with E-state index in [9.17, 15) is 19.8 Å². The molecule has 0 radical (unpaired) electrons. The van der Waals surface area contributed by atoms with Crippen molar-refractivity contribution in [2.24, 2.45) is 22.7 Å². The van der Waals surface area contributed by atoms with Gasteiger partial charge in [-0.3, -0.25) is 4.79 Å². The molecule has 8 nitrogen and oxygen atoms in total. The van der Waals surface area contributed by atoms with Gasteiger partial charge in [-0.15, -0.1) is 0 Å². The highest BCUT2D eigenvalue weighted by Gasteiger charge is 2.60. The fourth-order valence-corrected chi connectivity index (χ4v) is 5.97. The Bertz CT molecular complexity index is 753. The second-order valence-electron chi connectivity index (χ2n) is 9.50. The van der Waals surface area contributed by atoms with E-state index in [0.29, 0.717) is 44.5 Å². The summed E-state index contributed by atoms with van der Waals surface area (Å²) >= 11 is 0. The van der Waals surface area contributed by atoms with Crippen LogP contribution in [0.15, 0.2) is 22.8 Å². The van der Waals surface area contributed by atoms with E-state index in [1.165, 1.54) is 0 Å². The van der Waals surface area contributed by atoms with Crippen molar-refractivity contribution in [3.05, 3.63) is 24.2 Å². The number of carbonyl (C=O) groups is 2. The van der Waals surface area contributed by atoms with E-state index < -0.39 is 23.7 Å². The van der Waals surface area contributed by atoms with Gasteiger partial charge in [-0.1, -0.05) is 13.8 Å². The molecule has 0 aromatic carbocycles. The Morgan fingerprint density at radius 3 is 2.68 bits per heavy atom. The van der Waals surface area contributed by atoms with Gasteiger partial charge in [0.05, 0.1) is 25.5 Å². The van der Waals surface area contributed by atoms with E-state index in [1.54, 1.807) is 18.4 Å². The van der Waals surface area contributed by atoms with Crippen molar-refractivity contribution in [1.82, 2.24) is 10.6 Å². The molecule has 4 N–H and O–H groups in total. The van der Waals surface area contributed by atoms with Crippen molar-refractivity contribution in [3.8, 4) is 0 Å². The standard InChI is InChI=1S/C23H36N2O6/c1-4-24-21(29)31-19-9-10-22(2)16(12-20(28)25-13-15-6-5-11-30-15)17(27)7-8-18(22)23(19,3)14-26/h5-6,11,16-19,26-27H,4,7-10,12-14H2,1-3H3,(H,24,29)(H,25,28)/t16-,17-,18?,19-,22+,23+/m1/s1. The van der Waals surface area contributed by atoms with Crippen LogP contribution in [0.1, 0.15) is 58.6 Å². The van der Waals surface area contributed by atoms with Crippen molar-refractivity contribution < 1.29 is 29.0 Å². The third-order valence-corrected chi connectivity index (χ3v) is 7.69. The van der Waals surface area contributed by atoms with Crippen molar-refractivity contribution in [1.29, 1.82) is 0 Å². The molecule has 8 heteroatoms. The van der Waals surface area contributed by atoms with Gasteiger partial charge >= 0.3 is 6.09 Å². The van der Waals surface area contributed by atoms with Crippen LogP contribution < -0.4 is 10.6 Å². The molecule has 2 aliphatic carbocycles. The van der Waals surface area contributed by atoms with Gasteiger partial charge in [0.15, 0.2) is 0 Å². The van der Waals surface area contributed by atoms with E-state index in [0.717, 1.165) is 0 Å². The molecule has 174 valence electrons. The predicted octanol–water partition coefficient (Wildman–Crippen LogP) is 2.59. The van der Waals surface area contributed by atoms with Gasteiger partial charge in [0, 0.05) is 18.4 Å². The Hall–Kier alpha value is -2.06. The van der Waals surface area contributed by atoms with Gasteiger partial charge in [0.2, 0.25) is 5.91 Å². The second kappa shape index (κ2) is 9.61. The number of rotatable bonds is 7. The molecule has 0 aliphatic heterocycles. The zero-order chi connectivity index (χ0) is 22.6. The average molecular weight is 437 g/mol. The molecule has 2 aliphatic rings. The van der Waals surface area contributed by atoms with Crippen molar-refractivity contribution in [3.63, 3.8) is 0 Å². The maximum absolute atomic E-state index is 12.7. The number of fused-ring (bicyclic) bond motifs is 1. The van der Waals surface area contributed by atoms with E-state index >= 15 is 0 Å². The van der Waals surface area contributed by atoms with E-state index in [1.807, 2.05) is 13.8 Å². The van der Waals surface area contributed by atoms with Crippen LogP contribution in [0.2, 0.25) is 0 Å². The lowest BCUT2D eigenvalue weighted by Gasteiger charge is -2.60.